The molecular formula is C47H70Cl2N4O11. The van der Waals surface area contributed by atoms with Crippen LogP contribution in [0.2, 0.25) is 0 Å². The van der Waals surface area contributed by atoms with Crippen LogP contribution in [0.25, 0.3) is 0 Å². The predicted octanol–water partition coefficient (Wildman–Crippen LogP) is 7.95. The Morgan fingerprint density at radius 1 is 0.609 bits per heavy atom. The summed E-state index contributed by atoms with van der Waals surface area (Å²) in [6, 6.07) is 19.3. The van der Waals surface area contributed by atoms with Crippen molar-refractivity contribution in [2.24, 2.45) is 23.7 Å². The number of carboxylic acid groups (broad SMARTS) is 1. The van der Waals surface area contributed by atoms with Gasteiger partial charge in [0.25, 0.3) is 0 Å². The first-order valence-electron chi connectivity index (χ1n) is 22.0. The van der Waals surface area contributed by atoms with Crippen molar-refractivity contribution in [3.63, 3.8) is 0 Å². The van der Waals surface area contributed by atoms with Crippen molar-refractivity contribution >= 4 is 59.2 Å². The average Bonchev–Trinajstić information content (AvgIpc) is 4.11. The van der Waals surface area contributed by atoms with E-state index in [4.69, 9.17) is 47.3 Å². The topological polar surface area (TPSA) is 181 Å². The lowest BCUT2D eigenvalue weighted by Gasteiger charge is -2.25. The van der Waals surface area contributed by atoms with Gasteiger partial charge in [-0.25, -0.2) is 9.59 Å². The summed E-state index contributed by atoms with van der Waals surface area (Å²) in [6.45, 7) is 19.7. The van der Waals surface area contributed by atoms with Crippen molar-refractivity contribution < 1.29 is 52.8 Å². The molecule has 0 aromatic heterocycles. The maximum atomic E-state index is 12.8. The van der Waals surface area contributed by atoms with Gasteiger partial charge >= 0.3 is 30.1 Å². The van der Waals surface area contributed by atoms with Crippen molar-refractivity contribution in [2.45, 2.75) is 105 Å². The maximum Gasteiger partial charge on any atom is 0.410 e. The molecule has 0 bridgehead atoms. The van der Waals surface area contributed by atoms with Crippen LogP contribution in [0, 0.1) is 23.7 Å². The summed E-state index contributed by atoms with van der Waals surface area (Å²) in [5, 5.41) is 12.1. The molecule has 4 aliphatic rings. The van der Waals surface area contributed by atoms with Gasteiger partial charge in [-0.2, -0.15) is 0 Å². The average molecular weight is 938 g/mol. The molecule has 0 aliphatic carbocycles. The molecule has 4 fully saturated rings. The Balaban J connectivity index is 0.000000340. The molecular weight excluding hydrogens is 867 g/mol. The molecule has 0 saturated carbocycles. The molecule has 0 unspecified atom stereocenters. The van der Waals surface area contributed by atoms with Crippen LogP contribution in [0.5, 0.6) is 0 Å². The number of esters is 2. The first kappa shape index (κ1) is 55.5. The number of benzene rings is 2. The normalized spacial score (nSPS) is 20.1. The number of likely N-dealkylation sites (tertiary alicyclic amines) is 3. The molecule has 2 aromatic rings. The van der Waals surface area contributed by atoms with Crippen molar-refractivity contribution in [3.8, 4) is 0 Å². The molecule has 17 heteroatoms. The molecule has 4 saturated heterocycles. The molecule has 2 N–H and O–H groups in total. The standard InChI is InChI=1S/C22H30N2O5.C12H15NO2.C10H17NO4.C2H6.CH2Cl2/c1-22(2,3)29-21(27)24-12-9-17(13-24)19(25)23-11-10-18(14-23)20(26)28-15-16-7-5-4-6-8-16;14-12(11-6-7-13-8-11)15-9-10-4-2-1-3-5-10;1-10(2,3)15-9(14)11-5-4-7(6-11)8(12)13;1-2;2-1-3/h4-8,17-18H,9-15H2,1-3H3;1-5,11,13H,6-9H2;7H,4-6H2,1-3H3,(H,12,13);1-2H3;1H2/t17-,18-;11-;7-;;/m000../s1. The van der Waals surface area contributed by atoms with Gasteiger partial charge in [-0.1, -0.05) is 74.5 Å². The van der Waals surface area contributed by atoms with E-state index in [1.807, 2.05) is 95.3 Å². The molecule has 15 nitrogen and oxygen atoms in total. The van der Waals surface area contributed by atoms with Gasteiger partial charge in [0.15, 0.2) is 0 Å². The van der Waals surface area contributed by atoms with Gasteiger partial charge in [0, 0.05) is 45.8 Å². The number of aliphatic carboxylic acids is 1. The predicted molar refractivity (Wildman–Crippen MR) is 246 cm³/mol. The summed E-state index contributed by atoms with van der Waals surface area (Å²) in [5.41, 5.74) is 0.900. The Bertz CT molecular complexity index is 1740. The first-order valence-corrected chi connectivity index (χ1v) is 23.1. The van der Waals surface area contributed by atoms with E-state index in [1.54, 1.807) is 30.6 Å². The fraction of sp³-hybridized carbons (Fsp3) is 0.617. The molecule has 4 aliphatic heterocycles. The third kappa shape index (κ3) is 20.9. The van der Waals surface area contributed by atoms with Crippen LogP contribution in [0.1, 0.15) is 92.2 Å². The van der Waals surface area contributed by atoms with E-state index in [2.05, 4.69) is 5.32 Å². The van der Waals surface area contributed by atoms with Crippen LogP contribution in [0.4, 0.5) is 9.59 Å². The molecule has 6 rings (SSSR count). The van der Waals surface area contributed by atoms with Crippen LogP contribution in [0.3, 0.4) is 0 Å². The highest BCUT2D eigenvalue weighted by Gasteiger charge is 2.39. The number of halogens is 2. The van der Waals surface area contributed by atoms with Crippen LogP contribution < -0.4 is 5.32 Å². The number of nitrogens with zero attached hydrogens (tertiary/aromatic N) is 3. The van der Waals surface area contributed by atoms with Gasteiger partial charge in [-0.3, -0.25) is 19.2 Å². The van der Waals surface area contributed by atoms with E-state index in [1.165, 1.54) is 4.90 Å². The number of hydrogen-bond acceptors (Lipinski definition) is 11. The minimum atomic E-state index is -0.846. The number of carbonyl (C=O) groups is 6. The number of amides is 3. The lowest BCUT2D eigenvalue weighted by molar-refractivity contribution is -0.150. The van der Waals surface area contributed by atoms with E-state index >= 15 is 0 Å². The molecule has 0 radical (unpaired) electrons. The third-order valence-electron chi connectivity index (χ3n) is 10.1. The molecule has 2 aromatic carbocycles. The Labute approximate surface area is 389 Å². The molecule has 4 heterocycles. The zero-order chi connectivity index (χ0) is 47.9. The number of nitrogens with one attached hydrogen (secondary N) is 1. The summed E-state index contributed by atoms with van der Waals surface area (Å²) >= 11 is 9.53. The Morgan fingerprint density at radius 2 is 1.00 bits per heavy atom. The monoisotopic (exact) mass is 936 g/mol. The summed E-state index contributed by atoms with van der Waals surface area (Å²) < 4.78 is 21.2. The Kier molecular flexibility index (Phi) is 24.6. The lowest BCUT2D eigenvalue weighted by atomic mass is 10.1. The highest BCUT2D eigenvalue weighted by atomic mass is 35.5. The van der Waals surface area contributed by atoms with Gasteiger partial charge in [-0.05, 0) is 84.9 Å². The van der Waals surface area contributed by atoms with Crippen LogP contribution in [0.15, 0.2) is 60.7 Å². The Morgan fingerprint density at radius 3 is 1.41 bits per heavy atom. The minimum Gasteiger partial charge on any atom is -0.481 e. The summed E-state index contributed by atoms with van der Waals surface area (Å²) in [7, 11) is 0. The van der Waals surface area contributed by atoms with E-state index in [9.17, 15) is 28.8 Å². The molecule has 64 heavy (non-hydrogen) atoms. The largest absolute Gasteiger partial charge is 0.481 e. The van der Waals surface area contributed by atoms with Crippen LogP contribution in [-0.4, -0.2) is 125 Å². The minimum absolute atomic E-state index is 0.00872. The zero-order valence-electron chi connectivity index (χ0n) is 38.8. The van der Waals surface area contributed by atoms with Gasteiger partial charge in [0.2, 0.25) is 5.91 Å². The van der Waals surface area contributed by atoms with Gasteiger partial charge in [0.1, 0.15) is 24.4 Å². The van der Waals surface area contributed by atoms with Crippen molar-refractivity contribution in [3.05, 3.63) is 71.8 Å². The van der Waals surface area contributed by atoms with Gasteiger partial charge in [0.05, 0.1) is 29.0 Å². The lowest BCUT2D eigenvalue weighted by Crippen LogP contribution is -2.39. The number of hydrogen-bond donors (Lipinski definition) is 2. The van der Waals surface area contributed by atoms with Crippen molar-refractivity contribution in [1.29, 1.82) is 0 Å². The second kappa shape index (κ2) is 28.3. The maximum absolute atomic E-state index is 12.8. The van der Waals surface area contributed by atoms with Crippen LogP contribution in [-0.2, 0) is 51.3 Å². The summed E-state index contributed by atoms with van der Waals surface area (Å²) in [5.74, 6) is -2.09. The fourth-order valence-corrected chi connectivity index (χ4v) is 6.87. The Hall–Kier alpha value is -4.60. The smallest absolute Gasteiger partial charge is 0.410 e. The number of rotatable bonds is 8. The number of carboxylic acids is 1. The van der Waals surface area contributed by atoms with E-state index in [-0.39, 0.29) is 60.2 Å². The highest BCUT2D eigenvalue weighted by molar-refractivity contribution is 6.40. The third-order valence-corrected chi connectivity index (χ3v) is 10.1. The fourth-order valence-electron chi connectivity index (χ4n) is 6.87. The number of ether oxygens (including phenoxy) is 4. The van der Waals surface area contributed by atoms with E-state index in [0.717, 1.165) is 30.6 Å². The quantitative estimate of drug-likeness (QED) is 0.148. The second-order valence-corrected chi connectivity index (χ2v) is 18.2. The molecule has 4 atom stereocenters. The second-order valence-electron chi connectivity index (χ2n) is 17.4. The zero-order valence-corrected chi connectivity index (χ0v) is 40.3. The number of carbonyl (C=O) groups excluding carboxylic acids is 5. The number of alkyl halides is 2. The van der Waals surface area contributed by atoms with Crippen LogP contribution >= 0.6 is 23.2 Å². The van der Waals surface area contributed by atoms with Crippen molar-refractivity contribution in [1.82, 2.24) is 20.0 Å². The van der Waals surface area contributed by atoms with E-state index in [0.29, 0.717) is 58.6 Å². The van der Waals surface area contributed by atoms with Gasteiger partial charge < -0.3 is 44.1 Å². The summed E-state index contributed by atoms with van der Waals surface area (Å²) in [6.07, 6.45) is 1.84. The molecule has 3 amide bonds. The van der Waals surface area contributed by atoms with Gasteiger partial charge in [-0.15, -0.1) is 23.2 Å². The molecule has 358 valence electrons. The molecule has 0 spiro atoms. The van der Waals surface area contributed by atoms with Crippen molar-refractivity contribution in [2.75, 3.05) is 57.7 Å². The SMILES string of the molecule is CC.CC(C)(C)OC(=O)N1CC[C@H](C(=O)N2CC[C@H](C(=O)OCc3ccccc3)C2)C1.CC(C)(C)OC(=O)N1CC[C@H](C(=O)O)C1.ClCCl.O=C(OCc1ccccc1)[C@H]1CCNC1. The van der Waals surface area contributed by atoms with E-state index < -0.39 is 29.2 Å². The summed E-state index contributed by atoms with van der Waals surface area (Å²) in [4.78, 5) is 75.9. The first-order chi connectivity index (χ1) is 30.3. The highest BCUT2D eigenvalue weighted by Crippen LogP contribution is 2.26.